The molecule has 0 saturated heterocycles. The van der Waals surface area contributed by atoms with E-state index in [2.05, 4.69) is 16.3 Å². The topological polar surface area (TPSA) is 115 Å². The number of nitrogens with one attached hydrogen (secondary N) is 1. The third-order valence-electron chi connectivity index (χ3n) is 6.15. The van der Waals surface area contributed by atoms with Crippen LogP contribution < -0.4 is 24.7 Å². The molecule has 1 atom stereocenters. The van der Waals surface area contributed by atoms with Crippen LogP contribution in [0, 0.1) is 11.3 Å². The van der Waals surface area contributed by atoms with Crippen LogP contribution in [0.15, 0.2) is 84.3 Å². The van der Waals surface area contributed by atoms with Crippen LogP contribution in [-0.2, 0) is 6.61 Å². The minimum atomic E-state index is -0.483. The zero-order valence-corrected chi connectivity index (χ0v) is 20.5. The minimum absolute atomic E-state index is 0.0340. The number of hydrogen-bond donors (Lipinski definition) is 2. The fourth-order valence-corrected chi connectivity index (χ4v) is 4.39. The lowest BCUT2D eigenvalue weighted by atomic mass is 9.83. The smallest absolute Gasteiger partial charge is 0.244 e. The van der Waals surface area contributed by atoms with E-state index in [4.69, 9.17) is 24.7 Å². The van der Waals surface area contributed by atoms with Crippen LogP contribution in [0.25, 0.3) is 11.3 Å². The van der Waals surface area contributed by atoms with Gasteiger partial charge in [-0.2, -0.15) is 5.26 Å². The van der Waals surface area contributed by atoms with Gasteiger partial charge >= 0.3 is 0 Å². The first kappa shape index (κ1) is 23.8. The largest absolute Gasteiger partial charge is 0.493 e. The Morgan fingerprint density at radius 1 is 1.03 bits per heavy atom. The van der Waals surface area contributed by atoms with Gasteiger partial charge in [0.05, 0.1) is 30.9 Å². The van der Waals surface area contributed by atoms with E-state index < -0.39 is 5.92 Å². The van der Waals surface area contributed by atoms with Crippen LogP contribution in [0.3, 0.4) is 0 Å². The van der Waals surface area contributed by atoms with Gasteiger partial charge in [0.25, 0.3) is 0 Å². The molecule has 5 rings (SSSR count). The molecular weight excluding hydrogens is 468 g/mol. The van der Waals surface area contributed by atoms with Crippen LogP contribution in [0.4, 0.5) is 0 Å². The van der Waals surface area contributed by atoms with E-state index in [-0.39, 0.29) is 5.88 Å². The highest BCUT2D eigenvalue weighted by atomic mass is 16.5. The van der Waals surface area contributed by atoms with Gasteiger partial charge in [0.1, 0.15) is 24.0 Å². The molecule has 3 aromatic carbocycles. The maximum Gasteiger partial charge on any atom is 0.244 e. The number of rotatable bonds is 8. The van der Waals surface area contributed by atoms with Gasteiger partial charge in [-0.05, 0) is 48.4 Å². The average Bonchev–Trinajstić information content (AvgIpc) is 3.35. The summed E-state index contributed by atoms with van der Waals surface area (Å²) in [5, 5.41) is 17.4. The molecule has 0 aliphatic carbocycles. The van der Waals surface area contributed by atoms with Crippen molar-refractivity contribution >= 4 is 0 Å². The van der Waals surface area contributed by atoms with Crippen LogP contribution in [0.5, 0.6) is 23.1 Å². The number of allylic oxidation sites excluding steroid dienone is 1. The minimum Gasteiger partial charge on any atom is -0.493 e. The zero-order valence-electron chi connectivity index (χ0n) is 20.5. The van der Waals surface area contributed by atoms with E-state index in [1.807, 2.05) is 79.7 Å². The standard InChI is InChI=1S/C29H26N4O4/c1-3-35-23-14-11-20(15-24(23)34-2)27-26-25(22(16-30)28(31)37-29(26)33-32-27)19-9-12-21(13-10-19)36-17-18-7-5-4-6-8-18/h4-15,25H,3,17,31H2,1-2H3,(H,32,33). The van der Waals surface area contributed by atoms with Crippen molar-refractivity contribution in [3.63, 3.8) is 0 Å². The molecule has 1 aliphatic rings. The third-order valence-corrected chi connectivity index (χ3v) is 6.15. The summed E-state index contributed by atoms with van der Waals surface area (Å²) in [5.41, 5.74) is 10.6. The molecule has 0 radical (unpaired) electrons. The maximum absolute atomic E-state index is 10.0. The number of fused-ring (bicyclic) bond motifs is 1. The fourth-order valence-electron chi connectivity index (χ4n) is 4.39. The van der Waals surface area contributed by atoms with Crippen molar-refractivity contribution in [2.24, 2.45) is 5.73 Å². The van der Waals surface area contributed by atoms with Gasteiger partial charge in [0.2, 0.25) is 11.8 Å². The number of aromatic nitrogens is 2. The van der Waals surface area contributed by atoms with Crippen molar-refractivity contribution in [2.45, 2.75) is 19.4 Å². The van der Waals surface area contributed by atoms with Gasteiger partial charge in [-0.1, -0.05) is 42.5 Å². The highest BCUT2D eigenvalue weighted by Gasteiger charge is 2.35. The second kappa shape index (κ2) is 10.4. The average molecular weight is 495 g/mol. The van der Waals surface area contributed by atoms with E-state index in [1.165, 1.54) is 0 Å². The summed E-state index contributed by atoms with van der Waals surface area (Å²) in [6.07, 6.45) is 0. The third kappa shape index (κ3) is 4.67. The molecule has 0 saturated carbocycles. The number of aromatic amines is 1. The summed E-state index contributed by atoms with van der Waals surface area (Å²) in [5.74, 6) is 1.83. The lowest BCUT2D eigenvalue weighted by molar-refractivity contribution is 0.306. The van der Waals surface area contributed by atoms with E-state index in [9.17, 15) is 5.26 Å². The first-order valence-corrected chi connectivity index (χ1v) is 11.9. The normalized spacial score (nSPS) is 14.4. The van der Waals surface area contributed by atoms with Gasteiger partial charge in [-0.25, -0.2) is 0 Å². The molecule has 2 heterocycles. The van der Waals surface area contributed by atoms with Crippen LogP contribution in [0.1, 0.15) is 29.5 Å². The van der Waals surface area contributed by atoms with Crippen LogP contribution in [-0.4, -0.2) is 23.9 Å². The predicted octanol–water partition coefficient (Wildman–Crippen LogP) is 5.28. The number of nitriles is 1. The van der Waals surface area contributed by atoms with Gasteiger partial charge in [-0.15, -0.1) is 5.10 Å². The Bertz CT molecular complexity index is 1470. The summed E-state index contributed by atoms with van der Waals surface area (Å²) in [6.45, 7) is 2.90. The van der Waals surface area contributed by atoms with Gasteiger partial charge in [-0.3, -0.25) is 5.10 Å². The Morgan fingerprint density at radius 3 is 2.51 bits per heavy atom. The summed E-state index contributed by atoms with van der Waals surface area (Å²) < 4.78 is 22.9. The van der Waals surface area contributed by atoms with E-state index in [0.717, 1.165) is 28.0 Å². The monoisotopic (exact) mass is 494 g/mol. The van der Waals surface area contributed by atoms with Crippen molar-refractivity contribution in [1.29, 1.82) is 5.26 Å². The Morgan fingerprint density at radius 2 is 1.81 bits per heavy atom. The second-order valence-electron chi connectivity index (χ2n) is 8.38. The number of nitrogens with two attached hydrogens (primary N) is 1. The molecule has 186 valence electrons. The van der Waals surface area contributed by atoms with Gasteiger partial charge in [0.15, 0.2) is 11.5 Å². The van der Waals surface area contributed by atoms with E-state index >= 15 is 0 Å². The number of nitrogens with zero attached hydrogens (tertiary/aromatic N) is 2. The van der Waals surface area contributed by atoms with Crippen molar-refractivity contribution in [2.75, 3.05) is 13.7 Å². The highest BCUT2D eigenvalue weighted by molar-refractivity contribution is 5.73. The molecule has 1 aromatic heterocycles. The first-order valence-electron chi connectivity index (χ1n) is 11.9. The molecule has 0 bridgehead atoms. The molecular formula is C29H26N4O4. The highest BCUT2D eigenvalue weighted by Crippen LogP contribution is 2.46. The molecule has 3 N–H and O–H groups in total. The summed E-state index contributed by atoms with van der Waals surface area (Å²) in [7, 11) is 1.59. The molecule has 1 aliphatic heterocycles. The number of benzene rings is 3. The molecule has 0 fully saturated rings. The quantitative estimate of drug-likeness (QED) is 0.342. The number of hydrogen-bond acceptors (Lipinski definition) is 7. The van der Waals surface area contributed by atoms with Crippen LogP contribution in [0.2, 0.25) is 0 Å². The summed E-state index contributed by atoms with van der Waals surface area (Å²) >= 11 is 0. The molecule has 0 spiro atoms. The number of ether oxygens (including phenoxy) is 4. The van der Waals surface area contributed by atoms with Crippen molar-refractivity contribution < 1.29 is 18.9 Å². The van der Waals surface area contributed by atoms with Crippen molar-refractivity contribution in [3.8, 4) is 40.5 Å². The first-order chi connectivity index (χ1) is 18.1. The lowest BCUT2D eigenvalue weighted by Crippen LogP contribution is -2.21. The van der Waals surface area contributed by atoms with E-state index in [0.29, 0.717) is 41.9 Å². The molecule has 0 amide bonds. The number of methoxy groups -OCH3 is 1. The Kier molecular flexibility index (Phi) is 6.68. The fraction of sp³-hybridized carbons (Fsp3) is 0.172. The van der Waals surface area contributed by atoms with E-state index in [1.54, 1.807) is 7.11 Å². The Hall–Kier alpha value is -4.90. The van der Waals surface area contributed by atoms with Crippen LogP contribution >= 0.6 is 0 Å². The summed E-state index contributed by atoms with van der Waals surface area (Å²) in [4.78, 5) is 0. The Labute approximate surface area is 214 Å². The molecule has 8 nitrogen and oxygen atoms in total. The van der Waals surface area contributed by atoms with Crippen molar-refractivity contribution in [1.82, 2.24) is 10.2 Å². The maximum atomic E-state index is 10.0. The molecule has 1 unspecified atom stereocenters. The summed E-state index contributed by atoms with van der Waals surface area (Å²) in [6, 6.07) is 25.4. The van der Waals surface area contributed by atoms with Gasteiger partial charge in [0, 0.05) is 5.56 Å². The lowest BCUT2D eigenvalue weighted by Gasteiger charge is -2.24. The molecule has 4 aromatic rings. The zero-order chi connectivity index (χ0) is 25.8. The Balaban J connectivity index is 1.51. The molecule has 37 heavy (non-hydrogen) atoms. The SMILES string of the molecule is CCOc1ccc(-c2[nH]nc3c2C(c2ccc(OCc4ccccc4)cc2)C(C#N)=C(N)O3)cc1OC. The predicted molar refractivity (Wildman–Crippen MR) is 138 cm³/mol. The number of H-pyrrole nitrogens is 1. The van der Waals surface area contributed by atoms with Crippen molar-refractivity contribution in [3.05, 3.63) is 101 Å². The second-order valence-corrected chi connectivity index (χ2v) is 8.38. The van der Waals surface area contributed by atoms with Gasteiger partial charge < -0.3 is 24.7 Å². The molecule has 8 heteroatoms.